The van der Waals surface area contributed by atoms with Gasteiger partial charge in [-0.05, 0) is 32.2 Å². The molecule has 0 bridgehead atoms. The molecule has 0 unspecified atom stereocenters. The van der Waals surface area contributed by atoms with Gasteiger partial charge in [-0.2, -0.15) is 0 Å². The summed E-state index contributed by atoms with van der Waals surface area (Å²) in [7, 11) is 2.06. The molecule has 2 amide bonds. The summed E-state index contributed by atoms with van der Waals surface area (Å²) in [5.74, 6) is 0.0421. The number of piperazine rings is 1. The Bertz CT molecular complexity index is 582. The molecule has 1 saturated heterocycles. The summed E-state index contributed by atoms with van der Waals surface area (Å²) in [5.41, 5.74) is 1.40. The van der Waals surface area contributed by atoms with E-state index in [1.54, 1.807) is 6.07 Å². The molecule has 5 nitrogen and oxygen atoms in total. The first-order valence-corrected chi connectivity index (χ1v) is 8.02. The predicted octanol–water partition coefficient (Wildman–Crippen LogP) is 1.51. The number of thioether (sulfide) groups is 1. The molecule has 2 heterocycles. The highest BCUT2D eigenvalue weighted by molar-refractivity contribution is 8.00. The van der Waals surface area contributed by atoms with Crippen LogP contribution in [0, 0.1) is 0 Å². The number of anilines is 1. The van der Waals surface area contributed by atoms with Gasteiger partial charge in [-0.3, -0.25) is 9.59 Å². The first-order valence-electron chi connectivity index (χ1n) is 7.14. The summed E-state index contributed by atoms with van der Waals surface area (Å²) >= 11 is 1.53. The molecule has 0 spiro atoms. The van der Waals surface area contributed by atoms with Gasteiger partial charge in [0.15, 0.2) is 0 Å². The topological polar surface area (TPSA) is 52.7 Å². The van der Waals surface area contributed by atoms with Crippen LogP contribution in [0.15, 0.2) is 23.1 Å². The van der Waals surface area contributed by atoms with Crippen molar-refractivity contribution in [2.45, 2.75) is 17.1 Å². The maximum atomic E-state index is 12.5. The van der Waals surface area contributed by atoms with Crippen LogP contribution in [0.1, 0.15) is 17.3 Å². The minimum absolute atomic E-state index is 0.00306. The third-order valence-corrected chi connectivity index (χ3v) is 5.13. The molecule has 1 aromatic rings. The van der Waals surface area contributed by atoms with E-state index in [4.69, 9.17) is 0 Å². The standard InChI is InChI=1S/C15H19N3O2S/c1-10-14(19)16-12-9-11(3-4-13(12)21-10)15(20)18-7-5-17(2)6-8-18/h3-4,9-10H,5-8H2,1-2H3,(H,16,19)/t10-/m0/s1. The number of nitrogens with zero attached hydrogens (tertiary/aromatic N) is 2. The number of carbonyl (C=O) groups excluding carboxylic acids is 2. The van der Waals surface area contributed by atoms with Crippen molar-refractivity contribution in [3.63, 3.8) is 0 Å². The summed E-state index contributed by atoms with van der Waals surface area (Å²) in [4.78, 5) is 29.4. The zero-order valence-corrected chi connectivity index (χ0v) is 13.1. The number of fused-ring (bicyclic) bond motifs is 1. The molecule has 112 valence electrons. The second kappa shape index (κ2) is 5.69. The van der Waals surface area contributed by atoms with E-state index >= 15 is 0 Å². The number of amides is 2. The lowest BCUT2D eigenvalue weighted by Crippen LogP contribution is -2.47. The van der Waals surface area contributed by atoms with Crippen LogP contribution >= 0.6 is 11.8 Å². The first-order chi connectivity index (χ1) is 10.0. The van der Waals surface area contributed by atoms with E-state index in [1.807, 2.05) is 24.0 Å². The number of nitrogens with one attached hydrogen (secondary N) is 1. The van der Waals surface area contributed by atoms with Crippen molar-refractivity contribution in [2.24, 2.45) is 0 Å². The van der Waals surface area contributed by atoms with Crippen LogP contribution in [0.3, 0.4) is 0 Å². The van der Waals surface area contributed by atoms with Gasteiger partial charge in [0.25, 0.3) is 5.91 Å². The Morgan fingerprint density at radius 2 is 2.00 bits per heavy atom. The minimum Gasteiger partial charge on any atom is -0.336 e. The van der Waals surface area contributed by atoms with E-state index in [0.717, 1.165) is 36.8 Å². The highest BCUT2D eigenvalue weighted by Gasteiger charge is 2.25. The Morgan fingerprint density at radius 1 is 1.29 bits per heavy atom. The quantitative estimate of drug-likeness (QED) is 0.854. The lowest BCUT2D eigenvalue weighted by atomic mass is 10.1. The van der Waals surface area contributed by atoms with Crippen LogP contribution in [0.4, 0.5) is 5.69 Å². The molecule has 0 aromatic heterocycles. The van der Waals surface area contributed by atoms with Gasteiger partial charge in [0, 0.05) is 36.6 Å². The normalized spacial score (nSPS) is 22.7. The fourth-order valence-corrected chi connectivity index (χ4v) is 3.46. The second-order valence-electron chi connectivity index (χ2n) is 5.56. The summed E-state index contributed by atoms with van der Waals surface area (Å²) in [6.45, 7) is 5.20. The lowest BCUT2D eigenvalue weighted by molar-refractivity contribution is -0.115. The number of hydrogen-bond donors (Lipinski definition) is 1. The van der Waals surface area contributed by atoms with E-state index in [9.17, 15) is 9.59 Å². The molecule has 1 fully saturated rings. The number of carbonyl (C=O) groups is 2. The van der Waals surface area contributed by atoms with Crippen molar-refractivity contribution in [3.05, 3.63) is 23.8 Å². The molecular formula is C15H19N3O2S. The molecule has 0 saturated carbocycles. The zero-order valence-electron chi connectivity index (χ0n) is 12.3. The van der Waals surface area contributed by atoms with Gasteiger partial charge in [0.1, 0.15) is 0 Å². The van der Waals surface area contributed by atoms with E-state index in [1.165, 1.54) is 11.8 Å². The fourth-order valence-electron chi connectivity index (χ4n) is 2.53. The molecule has 21 heavy (non-hydrogen) atoms. The van der Waals surface area contributed by atoms with E-state index in [0.29, 0.717) is 5.56 Å². The number of likely N-dealkylation sites (N-methyl/N-ethyl adjacent to an activating group) is 1. The SMILES string of the molecule is C[C@@H]1Sc2ccc(C(=O)N3CCN(C)CC3)cc2NC1=O. The summed E-state index contributed by atoms with van der Waals surface area (Å²) in [5, 5.41) is 2.79. The van der Waals surface area contributed by atoms with E-state index in [2.05, 4.69) is 17.3 Å². The van der Waals surface area contributed by atoms with Gasteiger partial charge in [-0.25, -0.2) is 0 Å². The Morgan fingerprint density at radius 3 is 2.71 bits per heavy atom. The molecule has 6 heteroatoms. The molecule has 2 aliphatic rings. The molecule has 2 aliphatic heterocycles. The van der Waals surface area contributed by atoms with Crippen LogP contribution in [-0.4, -0.2) is 60.1 Å². The Balaban J connectivity index is 1.79. The van der Waals surface area contributed by atoms with Crippen LogP contribution in [0.5, 0.6) is 0 Å². The summed E-state index contributed by atoms with van der Waals surface area (Å²) in [6.07, 6.45) is 0. The van der Waals surface area contributed by atoms with Gasteiger partial charge in [0.2, 0.25) is 5.91 Å². The van der Waals surface area contributed by atoms with Gasteiger partial charge >= 0.3 is 0 Å². The lowest BCUT2D eigenvalue weighted by Gasteiger charge is -2.32. The maximum absolute atomic E-state index is 12.5. The van der Waals surface area contributed by atoms with Gasteiger partial charge in [-0.1, -0.05) is 0 Å². The molecular weight excluding hydrogens is 286 g/mol. The van der Waals surface area contributed by atoms with Crippen molar-refractivity contribution in [2.75, 3.05) is 38.5 Å². The largest absolute Gasteiger partial charge is 0.336 e. The van der Waals surface area contributed by atoms with Crippen molar-refractivity contribution >= 4 is 29.3 Å². The summed E-state index contributed by atoms with van der Waals surface area (Å²) < 4.78 is 0. The molecule has 0 aliphatic carbocycles. The van der Waals surface area contributed by atoms with Crippen molar-refractivity contribution < 1.29 is 9.59 Å². The van der Waals surface area contributed by atoms with Gasteiger partial charge in [0.05, 0.1) is 10.9 Å². The Kier molecular flexibility index (Phi) is 3.91. The van der Waals surface area contributed by atoms with Crippen LogP contribution in [-0.2, 0) is 4.79 Å². The highest BCUT2D eigenvalue weighted by Crippen LogP contribution is 2.36. The first kappa shape index (κ1) is 14.4. The van der Waals surface area contributed by atoms with Crippen molar-refractivity contribution in [3.8, 4) is 0 Å². The third-order valence-electron chi connectivity index (χ3n) is 3.95. The highest BCUT2D eigenvalue weighted by atomic mass is 32.2. The molecule has 1 aromatic carbocycles. The average Bonchev–Trinajstić information content (AvgIpc) is 2.48. The number of benzene rings is 1. The molecule has 1 N–H and O–H groups in total. The van der Waals surface area contributed by atoms with Crippen LogP contribution < -0.4 is 5.32 Å². The molecule has 0 radical (unpaired) electrons. The van der Waals surface area contributed by atoms with Crippen molar-refractivity contribution in [1.82, 2.24) is 9.80 Å². The fraction of sp³-hybridized carbons (Fsp3) is 0.467. The van der Waals surface area contributed by atoms with Crippen molar-refractivity contribution in [1.29, 1.82) is 0 Å². The average molecular weight is 305 g/mol. The zero-order chi connectivity index (χ0) is 15.0. The maximum Gasteiger partial charge on any atom is 0.254 e. The van der Waals surface area contributed by atoms with Gasteiger partial charge in [-0.15, -0.1) is 11.8 Å². The van der Waals surface area contributed by atoms with Crippen LogP contribution in [0.25, 0.3) is 0 Å². The third kappa shape index (κ3) is 2.91. The predicted molar refractivity (Wildman–Crippen MR) is 83.8 cm³/mol. The number of rotatable bonds is 1. The number of hydrogen-bond acceptors (Lipinski definition) is 4. The second-order valence-corrected chi connectivity index (χ2v) is 6.94. The Labute approximate surface area is 128 Å². The summed E-state index contributed by atoms with van der Waals surface area (Å²) in [6, 6.07) is 5.59. The van der Waals surface area contributed by atoms with E-state index in [-0.39, 0.29) is 17.1 Å². The molecule has 3 rings (SSSR count). The monoisotopic (exact) mass is 305 g/mol. The van der Waals surface area contributed by atoms with Gasteiger partial charge < -0.3 is 15.1 Å². The smallest absolute Gasteiger partial charge is 0.254 e. The minimum atomic E-state index is -0.0864. The van der Waals surface area contributed by atoms with E-state index < -0.39 is 0 Å². The Hall–Kier alpha value is -1.53. The molecule has 1 atom stereocenters. The van der Waals surface area contributed by atoms with Crippen LogP contribution in [0.2, 0.25) is 0 Å².